The van der Waals surface area contributed by atoms with E-state index in [1.807, 2.05) is 24.3 Å². The number of hydrogen-bond donors (Lipinski definition) is 0. The molecule has 0 saturated heterocycles. The smallest absolute Gasteiger partial charge is 0.242 e. The van der Waals surface area contributed by atoms with Crippen molar-refractivity contribution in [1.29, 1.82) is 0 Å². The summed E-state index contributed by atoms with van der Waals surface area (Å²) in [4.78, 5) is 18.2. The highest BCUT2D eigenvalue weighted by Gasteiger charge is 2.34. The number of thiocarbonyl (C=S) groups is 1. The Morgan fingerprint density at radius 1 is 1.32 bits per heavy atom. The van der Waals surface area contributed by atoms with Gasteiger partial charge in [0.2, 0.25) is 11.0 Å². The lowest BCUT2D eigenvalue weighted by Gasteiger charge is -2.30. The molecule has 0 spiro atoms. The van der Waals surface area contributed by atoms with Crippen molar-refractivity contribution >= 4 is 28.9 Å². The monoisotopic (exact) mass is 316 g/mol. The molecule has 1 aliphatic heterocycles. The summed E-state index contributed by atoms with van der Waals surface area (Å²) in [7, 11) is 1.59. The maximum Gasteiger partial charge on any atom is 0.242 e. The Labute approximate surface area is 132 Å². The zero-order valence-electron chi connectivity index (χ0n) is 11.8. The van der Waals surface area contributed by atoms with Crippen LogP contribution in [0.15, 0.2) is 53.3 Å². The van der Waals surface area contributed by atoms with Gasteiger partial charge in [0.05, 0.1) is 19.4 Å². The summed E-state index contributed by atoms with van der Waals surface area (Å²) in [5.74, 6) is -0.659. The molecule has 1 atom stereocenters. The van der Waals surface area contributed by atoms with Gasteiger partial charge in [-0.15, -0.1) is 0 Å². The third kappa shape index (κ3) is 2.69. The Hall–Kier alpha value is -2.34. The van der Waals surface area contributed by atoms with E-state index >= 15 is 0 Å². The van der Waals surface area contributed by atoms with E-state index in [1.54, 1.807) is 7.11 Å². The molecule has 1 amide bonds. The first-order valence-corrected chi connectivity index (χ1v) is 7.11. The van der Waals surface area contributed by atoms with Gasteiger partial charge in [0.15, 0.2) is 0 Å². The molecule has 1 unspecified atom stereocenters. The number of aliphatic imine (C=N–C) groups is 1. The number of carbonyl (C=O) groups excluding carboxylic acids is 1. The van der Waals surface area contributed by atoms with Crippen molar-refractivity contribution in [1.82, 2.24) is 4.90 Å². The van der Waals surface area contributed by atoms with E-state index < -0.39 is 11.7 Å². The number of amides is 1. The SMILES string of the molecule is COc1ccc(CN2C(=O)C3C=C(F)C=CC3=NC2=S)cc1. The Morgan fingerprint density at radius 2 is 2.05 bits per heavy atom. The van der Waals surface area contributed by atoms with Crippen LogP contribution in [0, 0.1) is 5.92 Å². The summed E-state index contributed by atoms with van der Waals surface area (Å²) in [5.41, 5.74) is 1.38. The molecular formula is C16H13FN2O2S. The summed E-state index contributed by atoms with van der Waals surface area (Å²) < 4.78 is 18.5. The van der Waals surface area contributed by atoms with Crippen LogP contribution in [0.25, 0.3) is 0 Å². The minimum absolute atomic E-state index is 0.201. The molecule has 0 radical (unpaired) electrons. The van der Waals surface area contributed by atoms with Gasteiger partial charge in [-0.3, -0.25) is 9.69 Å². The van der Waals surface area contributed by atoms with E-state index in [0.717, 1.165) is 11.3 Å². The number of ether oxygens (including phenoxy) is 1. The molecule has 1 aliphatic carbocycles. The summed E-state index contributed by atoms with van der Waals surface area (Å²) in [6.07, 6.45) is 4.04. The average Bonchev–Trinajstić information content (AvgIpc) is 2.53. The molecule has 0 N–H and O–H groups in total. The van der Waals surface area contributed by atoms with Crippen LogP contribution >= 0.6 is 12.2 Å². The second kappa shape index (κ2) is 5.81. The number of allylic oxidation sites excluding steroid dienone is 3. The second-order valence-electron chi connectivity index (χ2n) is 4.95. The minimum Gasteiger partial charge on any atom is -0.497 e. The van der Waals surface area contributed by atoms with Gasteiger partial charge in [0, 0.05) is 0 Å². The highest BCUT2D eigenvalue weighted by molar-refractivity contribution is 7.80. The molecule has 0 fully saturated rings. The molecule has 1 heterocycles. The first-order chi connectivity index (χ1) is 10.6. The van der Waals surface area contributed by atoms with Crippen LogP contribution in [0.3, 0.4) is 0 Å². The van der Waals surface area contributed by atoms with Gasteiger partial charge in [-0.05, 0) is 48.1 Å². The number of hydrogen-bond acceptors (Lipinski definition) is 3. The van der Waals surface area contributed by atoms with Crippen molar-refractivity contribution in [3.05, 3.63) is 53.9 Å². The third-order valence-corrected chi connectivity index (χ3v) is 3.86. The van der Waals surface area contributed by atoms with E-state index in [0.29, 0.717) is 12.3 Å². The molecular weight excluding hydrogens is 303 g/mol. The van der Waals surface area contributed by atoms with Crippen molar-refractivity contribution in [3.8, 4) is 5.75 Å². The van der Waals surface area contributed by atoms with Crippen LogP contribution in [0.4, 0.5) is 4.39 Å². The Bertz CT molecular complexity index is 722. The molecule has 3 rings (SSSR count). The summed E-state index contributed by atoms with van der Waals surface area (Å²) in [6, 6.07) is 7.32. The van der Waals surface area contributed by atoms with Gasteiger partial charge in [-0.25, -0.2) is 9.38 Å². The fourth-order valence-corrected chi connectivity index (χ4v) is 2.63. The lowest BCUT2D eigenvalue weighted by atomic mass is 9.95. The Balaban J connectivity index is 1.85. The number of methoxy groups -OCH3 is 1. The summed E-state index contributed by atoms with van der Waals surface area (Å²) >= 11 is 5.19. The first-order valence-electron chi connectivity index (χ1n) is 6.71. The lowest BCUT2D eigenvalue weighted by Crippen LogP contribution is -2.45. The van der Waals surface area contributed by atoms with E-state index in [1.165, 1.54) is 23.1 Å². The molecule has 112 valence electrons. The van der Waals surface area contributed by atoms with Gasteiger partial charge < -0.3 is 4.74 Å². The molecule has 0 saturated carbocycles. The van der Waals surface area contributed by atoms with E-state index in [4.69, 9.17) is 17.0 Å². The summed E-state index contributed by atoms with van der Waals surface area (Å²) in [6.45, 7) is 0.300. The van der Waals surface area contributed by atoms with Gasteiger partial charge >= 0.3 is 0 Å². The van der Waals surface area contributed by atoms with E-state index in [2.05, 4.69) is 4.99 Å². The summed E-state index contributed by atoms with van der Waals surface area (Å²) in [5, 5.41) is 0.201. The fraction of sp³-hybridized carbons (Fsp3) is 0.188. The van der Waals surface area contributed by atoms with Gasteiger partial charge in [0.25, 0.3) is 0 Å². The van der Waals surface area contributed by atoms with Crippen molar-refractivity contribution in [3.63, 3.8) is 0 Å². The van der Waals surface area contributed by atoms with Crippen molar-refractivity contribution in [2.75, 3.05) is 7.11 Å². The zero-order chi connectivity index (χ0) is 15.7. The predicted molar refractivity (Wildman–Crippen MR) is 85.4 cm³/mol. The number of nitrogens with zero attached hydrogens (tertiary/aromatic N) is 2. The first kappa shape index (κ1) is 14.6. The fourth-order valence-electron chi connectivity index (χ4n) is 2.37. The third-order valence-electron chi connectivity index (χ3n) is 3.55. The molecule has 0 bridgehead atoms. The number of carbonyl (C=O) groups is 1. The van der Waals surface area contributed by atoms with Gasteiger partial charge in [0.1, 0.15) is 17.5 Å². The van der Waals surface area contributed by atoms with Gasteiger partial charge in [-0.2, -0.15) is 0 Å². The van der Waals surface area contributed by atoms with Crippen molar-refractivity contribution in [2.45, 2.75) is 6.54 Å². The normalized spacial score (nSPS) is 20.5. The lowest BCUT2D eigenvalue weighted by molar-refractivity contribution is -0.129. The number of halogens is 1. The van der Waals surface area contributed by atoms with Crippen LogP contribution in [-0.2, 0) is 11.3 Å². The van der Waals surface area contributed by atoms with Crippen LogP contribution in [0.1, 0.15) is 5.56 Å². The highest BCUT2D eigenvalue weighted by Crippen LogP contribution is 2.24. The number of benzene rings is 1. The molecule has 4 nitrogen and oxygen atoms in total. The van der Waals surface area contributed by atoms with Crippen molar-refractivity contribution in [2.24, 2.45) is 10.9 Å². The number of rotatable bonds is 3. The van der Waals surface area contributed by atoms with Crippen LogP contribution in [0.5, 0.6) is 5.75 Å². The largest absolute Gasteiger partial charge is 0.497 e. The molecule has 22 heavy (non-hydrogen) atoms. The molecule has 1 aromatic carbocycles. The van der Waals surface area contributed by atoms with Crippen LogP contribution in [-0.4, -0.2) is 28.7 Å². The average molecular weight is 316 g/mol. The molecule has 6 heteroatoms. The standard InChI is InChI=1S/C16H13FN2O2S/c1-21-12-5-2-10(3-6-12)9-19-15(20)13-8-11(17)4-7-14(13)18-16(19)22/h2-8,13H,9H2,1H3. The van der Waals surface area contributed by atoms with Crippen molar-refractivity contribution < 1.29 is 13.9 Å². The number of fused-ring (bicyclic) bond motifs is 1. The topological polar surface area (TPSA) is 41.9 Å². The molecule has 2 aliphatic rings. The molecule has 0 aromatic heterocycles. The Kier molecular flexibility index (Phi) is 3.85. The maximum absolute atomic E-state index is 13.4. The maximum atomic E-state index is 13.4. The quantitative estimate of drug-likeness (QED) is 0.805. The second-order valence-corrected chi connectivity index (χ2v) is 5.32. The van der Waals surface area contributed by atoms with Crippen LogP contribution < -0.4 is 4.74 Å². The van der Waals surface area contributed by atoms with E-state index in [9.17, 15) is 9.18 Å². The minimum atomic E-state index is -0.699. The van der Waals surface area contributed by atoms with Gasteiger partial charge in [-0.1, -0.05) is 12.1 Å². The van der Waals surface area contributed by atoms with E-state index in [-0.39, 0.29) is 11.0 Å². The highest BCUT2D eigenvalue weighted by atomic mass is 32.1. The Morgan fingerprint density at radius 3 is 2.73 bits per heavy atom. The zero-order valence-corrected chi connectivity index (χ0v) is 12.6. The molecule has 1 aromatic rings. The predicted octanol–water partition coefficient (Wildman–Crippen LogP) is 2.80. The van der Waals surface area contributed by atoms with Crippen LogP contribution in [0.2, 0.25) is 0 Å².